The zero-order valence-electron chi connectivity index (χ0n) is 10.1. The minimum atomic E-state index is -3.19. The van der Waals surface area contributed by atoms with Crippen LogP contribution in [0.15, 0.2) is 35.2 Å². The van der Waals surface area contributed by atoms with Gasteiger partial charge in [-0.15, -0.1) is 11.6 Å². The number of allylic oxidation sites excluding steroid dienone is 1. The summed E-state index contributed by atoms with van der Waals surface area (Å²) in [6.45, 7) is 3.37. The second-order valence-electron chi connectivity index (χ2n) is 4.05. The smallest absolute Gasteiger partial charge is 0.180 e. The first-order chi connectivity index (χ1) is 7.98. The standard InChI is InChI=1S/C13H17ClO2S/c1-11(2)17(15,16)13-8-5-7-12(10-13)6-3-4-9-14/h3,5-8,10-11H,4,9H2,1-2H3. The number of sulfone groups is 1. The van der Waals surface area contributed by atoms with E-state index >= 15 is 0 Å². The molecule has 2 nitrogen and oxygen atoms in total. The van der Waals surface area contributed by atoms with Crippen LogP contribution in [0.3, 0.4) is 0 Å². The molecule has 94 valence electrons. The number of alkyl halides is 1. The van der Waals surface area contributed by atoms with Gasteiger partial charge in [-0.25, -0.2) is 8.42 Å². The summed E-state index contributed by atoms with van der Waals surface area (Å²) < 4.78 is 23.9. The van der Waals surface area contributed by atoms with E-state index in [-0.39, 0.29) is 0 Å². The van der Waals surface area contributed by atoms with Crippen molar-refractivity contribution in [2.24, 2.45) is 0 Å². The molecule has 1 aromatic rings. The quantitative estimate of drug-likeness (QED) is 0.769. The van der Waals surface area contributed by atoms with Crippen LogP contribution < -0.4 is 0 Å². The lowest BCUT2D eigenvalue weighted by atomic mass is 10.2. The van der Waals surface area contributed by atoms with Gasteiger partial charge in [0.05, 0.1) is 10.1 Å². The number of benzene rings is 1. The Morgan fingerprint density at radius 1 is 1.35 bits per heavy atom. The predicted octanol–water partition coefficient (Wildman–Crippen LogP) is 3.51. The number of hydrogen-bond acceptors (Lipinski definition) is 2. The summed E-state index contributed by atoms with van der Waals surface area (Å²) >= 11 is 5.57. The lowest BCUT2D eigenvalue weighted by Gasteiger charge is -2.08. The molecular formula is C13H17ClO2S. The van der Waals surface area contributed by atoms with Gasteiger partial charge in [0, 0.05) is 5.88 Å². The van der Waals surface area contributed by atoms with Crippen molar-refractivity contribution >= 4 is 27.5 Å². The lowest BCUT2D eigenvalue weighted by Crippen LogP contribution is -2.13. The molecule has 0 spiro atoms. The van der Waals surface area contributed by atoms with Crippen molar-refractivity contribution in [1.29, 1.82) is 0 Å². The average molecular weight is 273 g/mol. The molecule has 0 bridgehead atoms. The van der Waals surface area contributed by atoms with Crippen LogP contribution in [0.5, 0.6) is 0 Å². The summed E-state index contributed by atoms with van der Waals surface area (Å²) in [6.07, 6.45) is 4.61. The second kappa shape index (κ2) is 6.22. The third-order valence-electron chi connectivity index (χ3n) is 2.39. The predicted molar refractivity (Wildman–Crippen MR) is 73.1 cm³/mol. The summed E-state index contributed by atoms with van der Waals surface area (Å²) in [5, 5.41) is -0.399. The molecule has 0 atom stereocenters. The van der Waals surface area contributed by atoms with Crippen molar-refractivity contribution in [3.05, 3.63) is 35.9 Å². The fourth-order valence-electron chi connectivity index (χ4n) is 1.35. The first kappa shape index (κ1) is 14.3. The third-order valence-corrected chi connectivity index (χ3v) is 4.76. The molecule has 0 amide bonds. The van der Waals surface area contributed by atoms with Crippen molar-refractivity contribution in [2.45, 2.75) is 30.4 Å². The first-order valence-electron chi connectivity index (χ1n) is 5.55. The maximum Gasteiger partial charge on any atom is 0.180 e. The minimum Gasteiger partial charge on any atom is -0.223 e. The van der Waals surface area contributed by atoms with Crippen LogP contribution in [0.2, 0.25) is 0 Å². The molecule has 1 rings (SSSR count). The van der Waals surface area contributed by atoms with Gasteiger partial charge in [0.25, 0.3) is 0 Å². The highest BCUT2D eigenvalue weighted by Gasteiger charge is 2.18. The van der Waals surface area contributed by atoms with E-state index < -0.39 is 15.1 Å². The first-order valence-corrected chi connectivity index (χ1v) is 7.63. The Balaban J connectivity index is 3.02. The largest absolute Gasteiger partial charge is 0.223 e. The average Bonchev–Trinajstić information content (AvgIpc) is 2.29. The molecule has 0 unspecified atom stereocenters. The highest BCUT2D eigenvalue weighted by molar-refractivity contribution is 7.92. The zero-order valence-corrected chi connectivity index (χ0v) is 11.6. The van der Waals surface area contributed by atoms with Gasteiger partial charge in [-0.05, 0) is 38.0 Å². The molecule has 0 radical (unpaired) electrons. The van der Waals surface area contributed by atoms with Crippen LogP contribution >= 0.6 is 11.6 Å². The van der Waals surface area contributed by atoms with Crippen molar-refractivity contribution in [1.82, 2.24) is 0 Å². The SMILES string of the molecule is CC(C)S(=O)(=O)c1cccc(C=CCCCl)c1. The van der Waals surface area contributed by atoms with E-state index in [1.165, 1.54) is 0 Å². The molecule has 0 fully saturated rings. The maximum absolute atomic E-state index is 12.0. The Bertz CT molecular complexity index is 490. The van der Waals surface area contributed by atoms with E-state index in [4.69, 9.17) is 11.6 Å². The van der Waals surface area contributed by atoms with Gasteiger partial charge < -0.3 is 0 Å². The number of halogens is 1. The zero-order chi connectivity index (χ0) is 12.9. The van der Waals surface area contributed by atoms with Crippen LogP contribution in [0, 0.1) is 0 Å². The van der Waals surface area contributed by atoms with E-state index in [1.807, 2.05) is 18.2 Å². The van der Waals surface area contributed by atoms with E-state index in [0.717, 1.165) is 12.0 Å². The summed E-state index contributed by atoms with van der Waals surface area (Å²) in [5.41, 5.74) is 0.886. The van der Waals surface area contributed by atoms with Gasteiger partial charge >= 0.3 is 0 Å². The molecule has 0 saturated carbocycles. The van der Waals surface area contributed by atoms with Crippen LogP contribution in [0.25, 0.3) is 6.08 Å². The van der Waals surface area contributed by atoms with E-state index in [2.05, 4.69) is 0 Å². The normalized spacial score (nSPS) is 12.5. The molecule has 0 saturated heterocycles. The van der Waals surface area contributed by atoms with Gasteiger partial charge in [0.15, 0.2) is 9.84 Å². The van der Waals surface area contributed by atoms with Crippen molar-refractivity contribution in [2.75, 3.05) is 5.88 Å². The van der Waals surface area contributed by atoms with Crippen molar-refractivity contribution in [3.63, 3.8) is 0 Å². The molecular weight excluding hydrogens is 256 g/mol. The maximum atomic E-state index is 12.0. The van der Waals surface area contributed by atoms with Gasteiger partial charge in [0.2, 0.25) is 0 Å². The fourth-order valence-corrected chi connectivity index (χ4v) is 2.59. The summed E-state index contributed by atoms with van der Waals surface area (Å²) in [5.74, 6) is 0.570. The third kappa shape index (κ3) is 3.86. The molecule has 4 heteroatoms. The van der Waals surface area contributed by atoms with E-state index in [1.54, 1.807) is 32.0 Å². The van der Waals surface area contributed by atoms with Gasteiger partial charge in [-0.3, -0.25) is 0 Å². The van der Waals surface area contributed by atoms with Crippen LogP contribution in [0.1, 0.15) is 25.8 Å². The highest BCUT2D eigenvalue weighted by Crippen LogP contribution is 2.18. The van der Waals surface area contributed by atoms with Crippen LogP contribution in [-0.4, -0.2) is 19.5 Å². The number of rotatable bonds is 5. The Morgan fingerprint density at radius 2 is 2.06 bits per heavy atom. The summed E-state index contributed by atoms with van der Waals surface area (Å²) in [7, 11) is -3.19. The van der Waals surface area contributed by atoms with E-state index in [0.29, 0.717) is 10.8 Å². The monoisotopic (exact) mass is 272 g/mol. The van der Waals surface area contributed by atoms with Gasteiger partial charge in [-0.2, -0.15) is 0 Å². The highest BCUT2D eigenvalue weighted by atomic mass is 35.5. The Hall–Kier alpha value is -0.800. The molecule has 0 aliphatic carbocycles. The van der Waals surface area contributed by atoms with Crippen molar-refractivity contribution in [3.8, 4) is 0 Å². The Kier molecular flexibility index (Phi) is 5.22. The molecule has 0 aromatic heterocycles. The molecule has 0 aliphatic heterocycles. The summed E-state index contributed by atoms with van der Waals surface area (Å²) in [4.78, 5) is 0.375. The number of hydrogen-bond donors (Lipinski definition) is 0. The van der Waals surface area contributed by atoms with Crippen LogP contribution in [0.4, 0.5) is 0 Å². The molecule has 17 heavy (non-hydrogen) atoms. The van der Waals surface area contributed by atoms with Crippen LogP contribution in [-0.2, 0) is 9.84 Å². The molecule has 0 heterocycles. The minimum absolute atomic E-state index is 0.375. The topological polar surface area (TPSA) is 34.1 Å². The van der Waals surface area contributed by atoms with Gasteiger partial charge in [0.1, 0.15) is 0 Å². The van der Waals surface area contributed by atoms with Crippen molar-refractivity contribution < 1.29 is 8.42 Å². The molecule has 0 aliphatic rings. The lowest BCUT2D eigenvalue weighted by molar-refractivity contribution is 0.587. The summed E-state index contributed by atoms with van der Waals surface area (Å²) in [6, 6.07) is 6.97. The second-order valence-corrected chi connectivity index (χ2v) is 6.93. The Labute approximate surface area is 108 Å². The van der Waals surface area contributed by atoms with Gasteiger partial charge in [-0.1, -0.05) is 24.3 Å². The van der Waals surface area contributed by atoms with E-state index in [9.17, 15) is 8.42 Å². The fraction of sp³-hybridized carbons (Fsp3) is 0.385. The Morgan fingerprint density at radius 3 is 2.65 bits per heavy atom. The molecule has 0 N–H and O–H groups in total. The molecule has 1 aromatic carbocycles.